The standard InChI is InChI=1S/C18H13N3O4S2/c1-21-13-10-6-5-9-12(13)14(17(21)23)15-16(22)19-18(26-15)20-27(24,25)11-7-3-2-4-8-11/h2-10H,1H3,(H,19,20,22). The van der Waals surface area contributed by atoms with Crippen LogP contribution in [0.3, 0.4) is 0 Å². The summed E-state index contributed by atoms with van der Waals surface area (Å²) in [5.41, 5.74) is 1.58. The minimum absolute atomic E-state index is 0.0236. The largest absolute Gasteiger partial charge is 0.311 e. The van der Waals surface area contributed by atoms with Gasteiger partial charge in [-0.15, -0.1) is 4.40 Å². The van der Waals surface area contributed by atoms with Crippen LogP contribution in [0.5, 0.6) is 0 Å². The summed E-state index contributed by atoms with van der Waals surface area (Å²) in [6, 6.07) is 14.8. The number of anilines is 1. The Balaban J connectivity index is 1.76. The molecule has 2 aliphatic rings. The van der Waals surface area contributed by atoms with Crippen LogP contribution in [-0.4, -0.2) is 32.4 Å². The second-order valence-corrected chi connectivity index (χ2v) is 8.43. The van der Waals surface area contributed by atoms with E-state index in [1.807, 2.05) is 0 Å². The topological polar surface area (TPSA) is 95.9 Å². The Morgan fingerprint density at radius 1 is 1.00 bits per heavy atom. The third-order valence-corrected chi connectivity index (χ3v) is 6.54. The van der Waals surface area contributed by atoms with Gasteiger partial charge in [0.05, 0.1) is 21.1 Å². The summed E-state index contributed by atoms with van der Waals surface area (Å²) < 4.78 is 28.5. The first-order valence-corrected chi connectivity index (χ1v) is 10.1. The lowest BCUT2D eigenvalue weighted by Crippen LogP contribution is -2.23. The number of rotatable bonds is 2. The minimum atomic E-state index is -3.96. The van der Waals surface area contributed by atoms with Crippen molar-refractivity contribution in [1.29, 1.82) is 0 Å². The predicted molar refractivity (Wildman–Crippen MR) is 104 cm³/mol. The molecule has 2 amide bonds. The maximum atomic E-state index is 12.6. The molecular weight excluding hydrogens is 386 g/mol. The van der Waals surface area contributed by atoms with Crippen molar-refractivity contribution in [2.24, 2.45) is 4.40 Å². The van der Waals surface area contributed by atoms with E-state index in [0.29, 0.717) is 11.3 Å². The molecule has 0 aromatic heterocycles. The molecule has 0 saturated carbocycles. The molecule has 0 atom stereocenters. The van der Waals surface area contributed by atoms with Crippen molar-refractivity contribution < 1.29 is 18.0 Å². The Labute approximate surface area is 159 Å². The number of fused-ring (bicyclic) bond motifs is 1. The number of carbonyl (C=O) groups excluding carboxylic acids is 2. The van der Waals surface area contributed by atoms with Crippen LogP contribution in [0, 0.1) is 0 Å². The number of amidine groups is 1. The molecule has 2 aliphatic heterocycles. The number of nitrogens with zero attached hydrogens (tertiary/aromatic N) is 2. The Kier molecular flexibility index (Phi) is 4.12. The first kappa shape index (κ1) is 17.5. The second-order valence-electron chi connectivity index (χ2n) is 5.83. The van der Waals surface area contributed by atoms with Gasteiger partial charge >= 0.3 is 0 Å². The van der Waals surface area contributed by atoms with Crippen LogP contribution in [0.4, 0.5) is 5.69 Å². The van der Waals surface area contributed by atoms with Crippen molar-refractivity contribution in [1.82, 2.24) is 5.32 Å². The number of nitrogens with one attached hydrogen (secondary N) is 1. The van der Waals surface area contributed by atoms with Gasteiger partial charge in [-0.25, -0.2) is 0 Å². The number of para-hydroxylation sites is 1. The quantitative estimate of drug-likeness (QED) is 0.779. The fraction of sp³-hybridized carbons (Fsp3) is 0.0556. The summed E-state index contributed by atoms with van der Waals surface area (Å²) in [7, 11) is -2.34. The van der Waals surface area contributed by atoms with Crippen LogP contribution in [0.1, 0.15) is 5.56 Å². The van der Waals surface area contributed by atoms with Crippen LogP contribution >= 0.6 is 11.8 Å². The number of hydrogen-bond acceptors (Lipinski definition) is 5. The van der Waals surface area contributed by atoms with Gasteiger partial charge in [-0.2, -0.15) is 8.42 Å². The molecule has 1 saturated heterocycles. The average molecular weight is 399 g/mol. The van der Waals surface area contributed by atoms with E-state index in [1.54, 1.807) is 49.5 Å². The summed E-state index contributed by atoms with van der Waals surface area (Å²) in [6.45, 7) is 0. The first-order chi connectivity index (χ1) is 12.9. The minimum Gasteiger partial charge on any atom is -0.311 e. The van der Waals surface area contributed by atoms with E-state index in [4.69, 9.17) is 0 Å². The molecule has 7 nitrogen and oxygen atoms in total. The summed E-state index contributed by atoms with van der Waals surface area (Å²) in [4.78, 5) is 26.7. The zero-order valence-corrected chi connectivity index (χ0v) is 15.7. The lowest BCUT2D eigenvalue weighted by atomic mass is 10.1. The number of likely N-dealkylation sites (N-methyl/N-ethyl adjacent to an activating group) is 1. The fourth-order valence-corrected chi connectivity index (χ4v) is 4.97. The molecule has 27 heavy (non-hydrogen) atoms. The maximum absolute atomic E-state index is 12.6. The highest BCUT2D eigenvalue weighted by atomic mass is 32.2. The molecule has 0 unspecified atom stereocenters. The normalized spacial score (nSPS) is 20.9. The predicted octanol–water partition coefficient (Wildman–Crippen LogP) is 1.98. The van der Waals surface area contributed by atoms with Gasteiger partial charge in [0.2, 0.25) is 0 Å². The van der Waals surface area contributed by atoms with Gasteiger partial charge in [-0.05, 0) is 30.0 Å². The van der Waals surface area contributed by atoms with Gasteiger partial charge in [0.15, 0.2) is 5.17 Å². The highest BCUT2D eigenvalue weighted by Crippen LogP contribution is 2.41. The summed E-state index contributed by atoms with van der Waals surface area (Å²) >= 11 is 0.849. The van der Waals surface area contributed by atoms with E-state index >= 15 is 0 Å². The van der Waals surface area contributed by atoms with E-state index in [2.05, 4.69) is 9.71 Å². The Morgan fingerprint density at radius 2 is 1.67 bits per heavy atom. The molecule has 0 bridgehead atoms. The molecule has 4 rings (SSSR count). The zero-order chi connectivity index (χ0) is 19.2. The summed E-state index contributed by atoms with van der Waals surface area (Å²) in [5, 5.41) is 2.36. The Bertz CT molecular complexity index is 1140. The molecule has 9 heteroatoms. The zero-order valence-electron chi connectivity index (χ0n) is 14.0. The van der Waals surface area contributed by atoms with Crippen molar-refractivity contribution in [2.75, 3.05) is 11.9 Å². The fourth-order valence-electron chi connectivity index (χ4n) is 2.87. The van der Waals surface area contributed by atoms with E-state index in [0.717, 1.165) is 11.8 Å². The Hall–Kier alpha value is -2.91. The summed E-state index contributed by atoms with van der Waals surface area (Å²) in [5.74, 6) is -0.864. The molecule has 0 radical (unpaired) electrons. The van der Waals surface area contributed by atoms with Gasteiger partial charge in [0.25, 0.3) is 21.8 Å². The van der Waals surface area contributed by atoms with Crippen LogP contribution in [0.2, 0.25) is 0 Å². The van der Waals surface area contributed by atoms with Crippen LogP contribution in [0.25, 0.3) is 5.57 Å². The van der Waals surface area contributed by atoms with Crippen molar-refractivity contribution in [2.45, 2.75) is 4.90 Å². The number of hydrogen-bond donors (Lipinski definition) is 1. The SMILES string of the molecule is CN1C(=O)C(=C2SC(=NS(=O)(=O)c3ccccc3)NC2=O)c2ccccc21. The van der Waals surface area contributed by atoms with Crippen LogP contribution in [-0.2, 0) is 19.6 Å². The molecule has 0 aliphatic carbocycles. The molecular formula is C18H13N3O4S2. The molecule has 1 fully saturated rings. The second kappa shape index (κ2) is 6.36. The van der Waals surface area contributed by atoms with Gasteiger partial charge in [0.1, 0.15) is 0 Å². The third-order valence-electron chi connectivity index (χ3n) is 4.15. The number of benzene rings is 2. The van der Waals surface area contributed by atoms with E-state index < -0.39 is 15.9 Å². The number of carbonyl (C=O) groups is 2. The van der Waals surface area contributed by atoms with Crippen molar-refractivity contribution in [3.63, 3.8) is 0 Å². The molecule has 2 aromatic rings. The Morgan fingerprint density at radius 3 is 2.41 bits per heavy atom. The first-order valence-electron chi connectivity index (χ1n) is 7.89. The maximum Gasteiger partial charge on any atom is 0.284 e. The van der Waals surface area contributed by atoms with Crippen molar-refractivity contribution in [3.8, 4) is 0 Å². The average Bonchev–Trinajstić information content (AvgIpc) is 3.13. The van der Waals surface area contributed by atoms with Gasteiger partial charge in [-0.3, -0.25) is 14.9 Å². The molecule has 136 valence electrons. The summed E-state index contributed by atoms with van der Waals surface area (Å²) in [6.07, 6.45) is 0. The lowest BCUT2D eigenvalue weighted by Gasteiger charge is -2.08. The third kappa shape index (κ3) is 2.94. The number of amides is 2. The van der Waals surface area contributed by atoms with E-state index in [1.165, 1.54) is 17.0 Å². The van der Waals surface area contributed by atoms with E-state index in [-0.39, 0.29) is 26.4 Å². The molecule has 0 spiro atoms. The highest BCUT2D eigenvalue weighted by molar-refractivity contribution is 8.19. The van der Waals surface area contributed by atoms with Gasteiger partial charge in [0, 0.05) is 12.6 Å². The van der Waals surface area contributed by atoms with Gasteiger partial charge < -0.3 is 4.90 Å². The van der Waals surface area contributed by atoms with Crippen molar-refractivity contribution in [3.05, 3.63) is 65.1 Å². The molecule has 1 N–H and O–H groups in total. The molecule has 2 heterocycles. The molecule has 2 aromatic carbocycles. The lowest BCUT2D eigenvalue weighted by molar-refractivity contribution is -0.116. The smallest absolute Gasteiger partial charge is 0.284 e. The van der Waals surface area contributed by atoms with Crippen LogP contribution < -0.4 is 10.2 Å². The van der Waals surface area contributed by atoms with E-state index in [9.17, 15) is 18.0 Å². The highest BCUT2D eigenvalue weighted by Gasteiger charge is 2.38. The van der Waals surface area contributed by atoms with Crippen molar-refractivity contribution >= 4 is 50.0 Å². The number of sulfonamides is 1. The number of thioether (sulfide) groups is 1. The van der Waals surface area contributed by atoms with Gasteiger partial charge in [-0.1, -0.05) is 36.4 Å². The monoisotopic (exact) mass is 399 g/mol. The van der Waals surface area contributed by atoms with Crippen LogP contribution in [0.15, 0.2) is 68.8 Å².